The Morgan fingerprint density at radius 1 is 1.47 bits per heavy atom. The number of carboxylic acids is 1. The number of aromatic nitrogens is 2. The standard InChI is InChI=1S/C12H12N2O3/c1-2-9(12(16)17)11(15)7-3-4-10-8(5-7)6-13-14-10/h3-6,9H,2H2,1H3,(H,13,14)(H,16,17)/t9-/m0/s1. The topological polar surface area (TPSA) is 83.0 Å². The van der Waals surface area contributed by atoms with Crippen LogP contribution in [0.1, 0.15) is 23.7 Å². The van der Waals surface area contributed by atoms with Gasteiger partial charge in [-0.15, -0.1) is 0 Å². The summed E-state index contributed by atoms with van der Waals surface area (Å²) in [6.45, 7) is 1.69. The van der Waals surface area contributed by atoms with E-state index in [0.29, 0.717) is 5.56 Å². The number of hydrogen-bond acceptors (Lipinski definition) is 3. The van der Waals surface area contributed by atoms with E-state index in [-0.39, 0.29) is 12.2 Å². The average Bonchev–Trinajstić information content (AvgIpc) is 2.75. The van der Waals surface area contributed by atoms with Crippen LogP contribution in [0.25, 0.3) is 10.9 Å². The van der Waals surface area contributed by atoms with Gasteiger partial charge in [-0.25, -0.2) is 0 Å². The maximum Gasteiger partial charge on any atom is 0.314 e. The number of carboxylic acid groups (broad SMARTS) is 1. The summed E-state index contributed by atoms with van der Waals surface area (Å²) in [6, 6.07) is 5.01. The fourth-order valence-corrected chi connectivity index (χ4v) is 1.77. The number of nitrogens with zero attached hydrogens (tertiary/aromatic N) is 1. The first-order chi connectivity index (χ1) is 8.13. The molecular weight excluding hydrogens is 220 g/mol. The second-order valence-corrected chi connectivity index (χ2v) is 3.84. The van der Waals surface area contributed by atoms with Crippen molar-refractivity contribution in [3.8, 4) is 0 Å². The molecule has 5 heteroatoms. The van der Waals surface area contributed by atoms with Crippen LogP contribution in [0.2, 0.25) is 0 Å². The van der Waals surface area contributed by atoms with Crippen LogP contribution in [0.4, 0.5) is 0 Å². The van der Waals surface area contributed by atoms with Crippen LogP contribution in [0.3, 0.4) is 0 Å². The second kappa shape index (κ2) is 4.37. The van der Waals surface area contributed by atoms with Crippen molar-refractivity contribution in [2.45, 2.75) is 13.3 Å². The van der Waals surface area contributed by atoms with Gasteiger partial charge in [-0.3, -0.25) is 14.7 Å². The molecule has 2 rings (SSSR count). The molecule has 5 nitrogen and oxygen atoms in total. The Balaban J connectivity index is 2.38. The maximum absolute atomic E-state index is 12.0. The predicted octanol–water partition coefficient (Wildman–Crippen LogP) is 1.86. The summed E-state index contributed by atoms with van der Waals surface area (Å²) in [7, 11) is 0. The third-order valence-corrected chi connectivity index (χ3v) is 2.75. The predicted molar refractivity (Wildman–Crippen MR) is 61.8 cm³/mol. The van der Waals surface area contributed by atoms with Gasteiger partial charge in [0.1, 0.15) is 5.92 Å². The number of ketones is 1. The average molecular weight is 232 g/mol. The van der Waals surface area contributed by atoms with Gasteiger partial charge in [0.2, 0.25) is 0 Å². The molecule has 0 aliphatic rings. The molecule has 88 valence electrons. The van der Waals surface area contributed by atoms with Crippen molar-refractivity contribution in [1.82, 2.24) is 10.2 Å². The summed E-state index contributed by atoms with van der Waals surface area (Å²) in [5.74, 6) is -2.41. The number of hydrogen-bond donors (Lipinski definition) is 2. The number of carbonyl (C=O) groups excluding carboxylic acids is 1. The van der Waals surface area contributed by atoms with E-state index >= 15 is 0 Å². The summed E-state index contributed by atoms with van der Waals surface area (Å²) in [5, 5.41) is 16.4. The number of carbonyl (C=O) groups is 2. The van der Waals surface area contributed by atoms with Crippen LogP contribution >= 0.6 is 0 Å². The van der Waals surface area contributed by atoms with E-state index in [9.17, 15) is 9.59 Å². The Labute approximate surface area is 97.5 Å². The van der Waals surface area contributed by atoms with E-state index in [4.69, 9.17) is 5.11 Å². The highest BCUT2D eigenvalue weighted by Gasteiger charge is 2.25. The van der Waals surface area contributed by atoms with E-state index < -0.39 is 11.9 Å². The molecule has 0 fully saturated rings. The molecule has 1 aromatic heterocycles. The number of H-pyrrole nitrogens is 1. The Bertz CT molecular complexity index is 574. The van der Waals surface area contributed by atoms with Crippen molar-refractivity contribution in [3.63, 3.8) is 0 Å². The molecule has 1 atom stereocenters. The van der Waals surface area contributed by atoms with Crippen molar-refractivity contribution < 1.29 is 14.7 Å². The minimum atomic E-state index is -1.08. The first-order valence-electron chi connectivity index (χ1n) is 5.33. The van der Waals surface area contributed by atoms with Crippen molar-refractivity contribution >= 4 is 22.7 Å². The maximum atomic E-state index is 12.0. The molecular formula is C12H12N2O3. The quantitative estimate of drug-likeness (QED) is 0.622. The molecule has 17 heavy (non-hydrogen) atoms. The molecule has 0 saturated heterocycles. The van der Waals surface area contributed by atoms with Gasteiger partial charge >= 0.3 is 5.97 Å². The zero-order valence-electron chi connectivity index (χ0n) is 9.30. The van der Waals surface area contributed by atoms with Crippen molar-refractivity contribution in [2.75, 3.05) is 0 Å². The summed E-state index contributed by atoms with van der Waals surface area (Å²) < 4.78 is 0. The summed E-state index contributed by atoms with van der Waals surface area (Å²) >= 11 is 0. The minimum Gasteiger partial charge on any atom is -0.481 e. The molecule has 1 aromatic carbocycles. The lowest BCUT2D eigenvalue weighted by Crippen LogP contribution is -2.23. The molecule has 0 saturated carbocycles. The summed E-state index contributed by atoms with van der Waals surface area (Å²) in [6.07, 6.45) is 1.89. The lowest BCUT2D eigenvalue weighted by atomic mass is 9.95. The van der Waals surface area contributed by atoms with Gasteiger partial charge < -0.3 is 5.11 Å². The lowest BCUT2D eigenvalue weighted by Gasteiger charge is -2.08. The van der Waals surface area contributed by atoms with Crippen LogP contribution in [0, 0.1) is 5.92 Å². The molecule has 2 N–H and O–H groups in total. The fraction of sp³-hybridized carbons (Fsp3) is 0.250. The third kappa shape index (κ3) is 2.04. The number of benzene rings is 1. The van der Waals surface area contributed by atoms with Gasteiger partial charge in [-0.1, -0.05) is 6.92 Å². The molecule has 0 aliphatic heterocycles. The molecule has 0 unspecified atom stereocenters. The molecule has 0 bridgehead atoms. The highest BCUT2D eigenvalue weighted by Crippen LogP contribution is 2.17. The SMILES string of the molecule is CC[C@H](C(=O)O)C(=O)c1ccc2[nH]ncc2c1. The highest BCUT2D eigenvalue weighted by atomic mass is 16.4. The number of aliphatic carboxylic acids is 1. The van der Waals surface area contributed by atoms with Gasteiger partial charge in [-0.05, 0) is 24.6 Å². The van der Waals surface area contributed by atoms with E-state index in [1.54, 1.807) is 31.3 Å². The van der Waals surface area contributed by atoms with Gasteiger partial charge in [-0.2, -0.15) is 5.10 Å². The normalized spacial score (nSPS) is 12.5. The molecule has 2 aromatic rings. The Hall–Kier alpha value is -2.17. The van der Waals surface area contributed by atoms with Gasteiger partial charge in [0.25, 0.3) is 0 Å². The first kappa shape index (κ1) is 11.3. The van der Waals surface area contributed by atoms with Crippen LogP contribution in [-0.2, 0) is 4.79 Å². The van der Waals surface area contributed by atoms with Gasteiger partial charge in [0.15, 0.2) is 5.78 Å². The van der Waals surface area contributed by atoms with Gasteiger partial charge in [0.05, 0.1) is 11.7 Å². The molecule has 0 aliphatic carbocycles. The van der Waals surface area contributed by atoms with Crippen LogP contribution in [0.5, 0.6) is 0 Å². The van der Waals surface area contributed by atoms with Gasteiger partial charge in [0, 0.05) is 10.9 Å². The number of nitrogens with one attached hydrogen (secondary N) is 1. The van der Waals surface area contributed by atoms with E-state index in [2.05, 4.69) is 10.2 Å². The molecule has 0 amide bonds. The van der Waals surface area contributed by atoms with Crippen LogP contribution in [-0.4, -0.2) is 27.1 Å². The Morgan fingerprint density at radius 2 is 2.24 bits per heavy atom. The van der Waals surface area contributed by atoms with Crippen LogP contribution in [0.15, 0.2) is 24.4 Å². The lowest BCUT2D eigenvalue weighted by molar-refractivity contribution is -0.140. The third-order valence-electron chi connectivity index (χ3n) is 2.75. The zero-order valence-corrected chi connectivity index (χ0v) is 9.30. The number of Topliss-reactive ketones (excluding diaryl/α,β-unsaturated/α-hetero) is 1. The highest BCUT2D eigenvalue weighted by molar-refractivity contribution is 6.09. The fourth-order valence-electron chi connectivity index (χ4n) is 1.77. The van der Waals surface area contributed by atoms with Crippen molar-refractivity contribution in [1.29, 1.82) is 0 Å². The summed E-state index contributed by atoms with van der Waals surface area (Å²) in [4.78, 5) is 22.9. The number of aromatic amines is 1. The van der Waals surface area contributed by atoms with E-state index in [1.165, 1.54) is 0 Å². The van der Waals surface area contributed by atoms with Crippen molar-refractivity contribution in [2.24, 2.45) is 5.92 Å². The Kier molecular flexibility index (Phi) is 2.91. The monoisotopic (exact) mass is 232 g/mol. The minimum absolute atomic E-state index is 0.289. The Morgan fingerprint density at radius 3 is 2.88 bits per heavy atom. The zero-order chi connectivity index (χ0) is 12.4. The second-order valence-electron chi connectivity index (χ2n) is 3.84. The van der Waals surface area contributed by atoms with Crippen LogP contribution < -0.4 is 0 Å². The van der Waals surface area contributed by atoms with E-state index in [1.807, 2.05) is 0 Å². The molecule has 0 spiro atoms. The summed E-state index contributed by atoms with van der Waals surface area (Å²) in [5.41, 5.74) is 1.23. The molecule has 0 radical (unpaired) electrons. The first-order valence-corrected chi connectivity index (χ1v) is 5.33. The smallest absolute Gasteiger partial charge is 0.314 e. The van der Waals surface area contributed by atoms with E-state index in [0.717, 1.165) is 10.9 Å². The largest absolute Gasteiger partial charge is 0.481 e. The molecule has 1 heterocycles. The number of rotatable bonds is 4. The number of fused-ring (bicyclic) bond motifs is 1. The van der Waals surface area contributed by atoms with Crippen molar-refractivity contribution in [3.05, 3.63) is 30.0 Å².